The second-order valence-corrected chi connectivity index (χ2v) is 10.1. The van der Waals surface area contributed by atoms with E-state index in [1.807, 2.05) is 19.9 Å². The molecule has 0 saturated heterocycles. The summed E-state index contributed by atoms with van der Waals surface area (Å²) in [6.45, 7) is 4.00. The zero-order valence-corrected chi connectivity index (χ0v) is 22.5. The van der Waals surface area contributed by atoms with Gasteiger partial charge in [-0.1, -0.05) is 0 Å². The Morgan fingerprint density at radius 2 is 2.05 bits per heavy atom. The highest BCUT2D eigenvalue weighted by Gasteiger charge is 2.27. The first kappa shape index (κ1) is 25.3. The Kier molecular flexibility index (Phi) is 6.49. The number of methoxy groups -OCH3 is 1. The Morgan fingerprint density at radius 1 is 1.18 bits per heavy atom. The second-order valence-electron chi connectivity index (χ2n) is 9.10. The number of hydrogen-bond acceptors (Lipinski definition) is 11. The molecule has 2 aromatic carbocycles. The number of amides is 1. The minimum Gasteiger partial charge on any atom is -0.484 e. The van der Waals surface area contributed by atoms with Crippen LogP contribution in [0.15, 0.2) is 42.7 Å². The van der Waals surface area contributed by atoms with Gasteiger partial charge in [-0.25, -0.2) is 19.7 Å². The van der Waals surface area contributed by atoms with Crippen LogP contribution in [0.3, 0.4) is 0 Å². The number of carbonyl (C=O) groups excluding carboxylic acids is 1. The van der Waals surface area contributed by atoms with Crippen LogP contribution in [0.2, 0.25) is 0 Å². The summed E-state index contributed by atoms with van der Waals surface area (Å²) in [6.07, 6.45) is 2.01. The van der Waals surface area contributed by atoms with E-state index in [-0.39, 0.29) is 13.2 Å². The highest BCUT2D eigenvalue weighted by molar-refractivity contribution is 7.22. The molecule has 1 aliphatic rings. The number of nitriles is 1. The summed E-state index contributed by atoms with van der Waals surface area (Å²) in [4.78, 5) is 30.2. The Morgan fingerprint density at radius 3 is 2.83 bits per heavy atom. The predicted molar refractivity (Wildman–Crippen MR) is 148 cm³/mol. The number of nitrogens with zero attached hydrogens (tertiary/aromatic N) is 5. The number of benzene rings is 2. The van der Waals surface area contributed by atoms with Crippen molar-refractivity contribution in [2.45, 2.75) is 20.0 Å². The number of aromatic nitrogens is 4. The number of aryl methyl sites for hydroxylation is 2. The van der Waals surface area contributed by atoms with E-state index in [4.69, 9.17) is 23.9 Å². The minimum atomic E-state index is -0.605. The van der Waals surface area contributed by atoms with Crippen LogP contribution in [0, 0.1) is 25.2 Å². The number of ether oxygens (including phenoxy) is 4. The van der Waals surface area contributed by atoms with E-state index in [1.54, 1.807) is 30.5 Å². The van der Waals surface area contributed by atoms with E-state index in [1.165, 1.54) is 24.6 Å². The van der Waals surface area contributed by atoms with Gasteiger partial charge in [0.15, 0.2) is 17.6 Å². The van der Waals surface area contributed by atoms with Crippen LogP contribution in [0.4, 0.5) is 10.5 Å². The van der Waals surface area contributed by atoms with Crippen molar-refractivity contribution in [3.8, 4) is 34.0 Å². The van der Waals surface area contributed by atoms with Crippen molar-refractivity contribution in [1.29, 1.82) is 5.26 Å². The monoisotopic (exact) mass is 554 g/mol. The van der Waals surface area contributed by atoms with Gasteiger partial charge < -0.3 is 18.9 Å². The normalized spacial score (nSPS) is 14.1. The number of hydrogen-bond donors (Lipinski definition) is 1. The average Bonchev–Trinajstić information content (AvgIpc) is 3.42. The lowest BCUT2D eigenvalue weighted by atomic mass is 10.1. The Balaban J connectivity index is 1.25. The van der Waals surface area contributed by atoms with Gasteiger partial charge in [-0.3, -0.25) is 10.3 Å². The largest absolute Gasteiger partial charge is 0.484 e. The molecule has 40 heavy (non-hydrogen) atoms. The number of nitrogens with one attached hydrogen (secondary N) is 1. The molecule has 0 radical (unpaired) electrons. The van der Waals surface area contributed by atoms with Gasteiger partial charge >= 0.3 is 6.09 Å². The van der Waals surface area contributed by atoms with E-state index >= 15 is 0 Å². The van der Waals surface area contributed by atoms with Gasteiger partial charge in [0.1, 0.15) is 22.9 Å². The third kappa shape index (κ3) is 4.78. The minimum absolute atomic E-state index is 0.00462. The van der Waals surface area contributed by atoms with E-state index in [0.717, 1.165) is 21.5 Å². The Hall–Kier alpha value is -5.02. The first-order valence-electron chi connectivity index (χ1n) is 12.3. The maximum Gasteiger partial charge on any atom is 0.411 e. The fraction of sp³-hybridized carbons (Fsp3) is 0.214. The summed E-state index contributed by atoms with van der Waals surface area (Å²) >= 11 is 1.42. The molecule has 0 fully saturated rings. The summed E-state index contributed by atoms with van der Waals surface area (Å²) in [6, 6.07) is 11.0. The van der Waals surface area contributed by atoms with Crippen LogP contribution in [0.5, 0.6) is 17.4 Å². The molecule has 3 aromatic heterocycles. The molecule has 12 heteroatoms. The van der Waals surface area contributed by atoms with Gasteiger partial charge in [0.25, 0.3) is 0 Å². The van der Waals surface area contributed by atoms with Crippen LogP contribution in [0.25, 0.3) is 31.8 Å². The molecule has 0 spiro atoms. The first-order chi connectivity index (χ1) is 19.4. The fourth-order valence-electron chi connectivity index (χ4n) is 4.29. The Labute approximate surface area is 232 Å². The van der Waals surface area contributed by atoms with Gasteiger partial charge in [-0.15, -0.1) is 11.3 Å². The van der Waals surface area contributed by atoms with Crippen LogP contribution < -0.4 is 19.5 Å². The van der Waals surface area contributed by atoms with Crippen molar-refractivity contribution < 1.29 is 23.7 Å². The summed E-state index contributed by atoms with van der Waals surface area (Å²) in [7, 11) is 1.51. The molecule has 0 unspecified atom stereocenters. The third-order valence-corrected chi connectivity index (χ3v) is 7.32. The van der Waals surface area contributed by atoms with Crippen LogP contribution in [-0.4, -0.2) is 52.5 Å². The van der Waals surface area contributed by atoms with Crippen molar-refractivity contribution in [3.05, 3.63) is 59.5 Å². The summed E-state index contributed by atoms with van der Waals surface area (Å²) in [5.41, 5.74) is 5.32. The van der Waals surface area contributed by atoms with Gasteiger partial charge in [0.05, 0.1) is 53.4 Å². The molecule has 1 N–H and O–H groups in total. The standard InChI is InChI=1S/C28H22N6O5S/c1-14-6-21-25(37-12-18(39-21)13-38-28(35)32-17-5-4-15(2)30-10-17)26-23(14)34-27(40-26)19-7-16(9-29)8-20-24(19)31-11-22(33-20)36-3/h4-8,10-11,18H,12-13H2,1-3H3,(H,32,35)/t18-/m1/s1. The molecule has 1 amide bonds. The lowest BCUT2D eigenvalue weighted by Crippen LogP contribution is -2.35. The first-order valence-corrected chi connectivity index (χ1v) is 13.1. The SMILES string of the molecule is COc1cnc2c(-c3nc4c(C)cc5c(c4s3)OC[C@H](COC(=O)Nc3ccc(C)nc3)O5)cc(C#N)cc2n1. The lowest BCUT2D eigenvalue weighted by molar-refractivity contribution is 0.0383. The summed E-state index contributed by atoms with van der Waals surface area (Å²) in [5.74, 6) is 1.48. The zero-order chi connectivity index (χ0) is 27.8. The Bertz CT molecular complexity index is 1820. The quantitative estimate of drug-likeness (QED) is 0.309. The second kappa shape index (κ2) is 10.3. The van der Waals surface area contributed by atoms with Gasteiger partial charge in [-0.05, 0) is 49.7 Å². The number of anilines is 1. The maximum absolute atomic E-state index is 12.2. The lowest BCUT2D eigenvalue weighted by Gasteiger charge is -2.26. The van der Waals surface area contributed by atoms with Crippen molar-refractivity contribution >= 4 is 44.4 Å². The van der Waals surface area contributed by atoms with Gasteiger partial charge in [0, 0.05) is 11.3 Å². The number of thiazole rings is 1. The molecule has 5 aromatic rings. The van der Waals surface area contributed by atoms with E-state index in [2.05, 4.69) is 26.3 Å². The van der Waals surface area contributed by atoms with Crippen molar-refractivity contribution in [3.63, 3.8) is 0 Å². The van der Waals surface area contributed by atoms with Crippen molar-refractivity contribution in [2.24, 2.45) is 0 Å². The molecule has 0 aliphatic carbocycles. The summed E-state index contributed by atoms with van der Waals surface area (Å²) < 4.78 is 23.6. The fourth-order valence-corrected chi connectivity index (χ4v) is 5.44. The molecule has 6 rings (SSSR count). The molecule has 1 atom stereocenters. The highest BCUT2D eigenvalue weighted by atomic mass is 32.1. The van der Waals surface area contributed by atoms with E-state index in [9.17, 15) is 10.1 Å². The number of fused-ring (bicyclic) bond motifs is 4. The maximum atomic E-state index is 12.2. The molecular formula is C28H22N6O5S. The average molecular weight is 555 g/mol. The molecule has 4 heterocycles. The molecule has 200 valence electrons. The molecule has 11 nitrogen and oxygen atoms in total. The molecule has 0 bridgehead atoms. The third-order valence-electron chi connectivity index (χ3n) is 6.24. The molecule has 0 saturated carbocycles. The van der Waals surface area contributed by atoms with Crippen LogP contribution in [0.1, 0.15) is 16.8 Å². The van der Waals surface area contributed by atoms with Crippen molar-refractivity contribution in [2.75, 3.05) is 25.6 Å². The molecule has 1 aliphatic heterocycles. The van der Waals surface area contributed by atoms with Crippen LogP contribution in [-0.2, 0) is 4.74 Å². The highest BCUT2D eigenvalue weighted by Crippen LogP contribution is 2.46. The van der Waals surface area contributed by atoms with Crippen molar-refractivity contribution in [1.82, 2.24) is 19.9 Å². The summed E-state index contributed by atoms with van der Waals surface area (Å²) in [5, 5.41) is 12.9. The van der Waals surface area contributed by atoms with Gasteiger partial charge in [-0.2, -0.15) is 5.26 Å². The topological polar surface area (TPSA) is 141 Å². The van der Waals surface area contributed by atoms with E-state index in [0.29, 0.717) is 50.2 Å². The number of carbonyl (C=O) groups is 1. The van der Waals surface area contributed by atoms with Crippen LogP contribution >= 0.6 is 11.3 Å². The smallest absolute Gasteiger partial charge is 0.411 e. The number of rotatable bonds is 5. The van der Waals surface area contributed by atoms with Gasteiger partial charge in [0.2, 0.25) is 5.88 Å². The molecular weight excluding hydrogens is 532 g/mol. The zero-order valence-electron chi connectivity index (χ0n) is 21.7. The number of pyridine rings is 1. The van der Waals surface area contributed by atoms with E-state index < -0.39 is 12.2 Å². The predicted octanol–water partition coefficient (Wildman–Crippen LogP) is 5.19.